The Morgan fingerprint density at radius 1 is 1.25 bits per heavy atom. The molecule has 2 aromatic rings. The quantitative estimate of drug-likeness (QED) is 0.906. The molecule has 1 aromatic carbocycles. The van der Waals surface area contributed by atoms with E-state index < -0.39 is 0 Å². The number of hydrogen-bond acceptors (Lipinski definition) is 2. The predicted octanol–water partition coefficient (Wildman–Crippen LogP) is 3.24. The van der Waals surface area contributed by atoms with Crippen molar-refractivity contribution in [2.24, 2.45) is 0 Å². The van der Waals surface area contributed by atoms with Crippen LogP contribution < -0.4 is 5.32 Å². The van der Waals surface area contributed by atoms with Crippen LogP contribution in [-0.4, -0.2) is 42.0 Å². The van der Waals surface area contributed by atoms with Gasteiger partial charge >= 0.3 is 0 Å². The highest BCUT2D eigenvalue weighted by molar-refractivity contribution is 5.93. The standard InChI is InChI=1S/C20H29N3O/c1-13-8-9-14(2)20-19(13)17(15(3)22-20)11-18(24)21-12-16-7-5-6-10-23(16)4/h8-9,16,22H,5-7,10-12H2,1-4H3,(H,21,24)/t16-/m1/s1. The monoisotopic (exact) mass is 327 g/mol. The Balaban J connectivity index is 1.71. The van der Waals surface area contributed by atoms with Crippen molar-refractivity contribution in [1.29, 1.82) is 0 Å². The van der Waals surface area contributed by atoms with Crippen molar-refractivity contribution in [2.45, 2.75) is 52.5 Å². The molecule has 2 N–H and O–H groups in total. The van der Waals surface area contributed by atoms with Gasteiger partial charge in [-0.25, -0.2) is 0 Å². The van der Waals surface area contributed by atoms with E-state index in [1.54, 1.807) is 0 Å². The van der Waals surface area contributed by atoms with Gasteiger partial charge in [-0.1, -0.05) is 18.6 Å². The summed E-state index contributed by atoms with van der Waals surface area (Å²) in [7, 11) is 2.16. The second-order valence-corrected chi connectivity index (χ2v) is 7.29. The number of nitrogens with zero attached hydrogens (tertiary/aromatic N) is 1. The summed E-state index contributed by atoms with van der Waals surface area (Å²) < 4.78 is 0. The molecule has 1 atom stereocenters. The molecule has 0 spiro atoms. The fraction of sp³-hybridized carbons (Fsp3) is 0.550. The number of amides is 1. The van der Waals surface area contributed by atoms with Crippen LogP contribution in [0.15, 0.2) is 12.1 Å². The molecule has 1 fully saturated rings. The first-order valence-corrected chi connectivity index (χ1v) is 9.01. The van der Waals surface area contributed by atoms with Crippen molar-refractivity contribution in [3.63, 3.8) is 0 Å². The number of H-pyrrole nitrogens is 1. The average Bonchev–Trinajstić information content (AvgIpc) is 2.88. The van der Waals surface area contributed by atoms with Crippen LogP contribution in [0.25, 0.3) is 10.9 Å². The molecular weight excluding hydrogens is 298 g/mol. The van der Waals surface area contributed by atoms with E-state index in [1.807, 2.05) is 0 Å². The van der Waals surface area contributed by atoms with E-state index in [0.717, 1.165) is 24.3 Å². The molecule has 0 aliphatic carbocycles. The number of carbonyl (C=O) groups excluding carboxylic acids is 1. The van der Waals surface area contributed by atoms with Gasteiger partial charge in [0.15, 0.2) is 0 Å². The summed E-state index contributed by atoms with van der Waals surface area (Å²) in [5.74, 6) is 0.124. The largest absolute Gasteiger partial charge is 0.358 e. The van der Waals surface area contributed by atoms with E-state index in [9.17, 15) is 4.79 Å². The highest BCUT2D eigenvalue weighted by Crippen LogP contribution is 2.28. The number of fused-ring (bicyclic) bond motifs is 1. The first-order valence-electron chi connectivity index (χ1n) is 9.01. The van der Waals surface area contributed by atoms with Crippen LogP contribution >= 0.6 is 0 Å². The third-order valence-corrected chi connectivity index (χ3v) is 5.48. The van der Waals surface area contributed by atoms with Crippen molar-refractivity contribution in [3.8, 4) is 0 Å². The minimum atomic E-state index is 0.124. The lowest BCUT2D eigenvalue weighted by Gasteiger charge is -2.32. The SMILES string of the molecule is Cc1[nH]c2c(C)ccc(C)c2c1CC(=O)NC[C@H]1CCCCN1C. The van der Waals surface area contributed by atoms with E-state index in [0.29, 0.717) is 12.5 Å². The molecule has 4 nitrogen and oxygen atoms in total. The van der Waals surface area contributed by atoms with Gasteiger partial charge in [0.05, 0.1) is 6.42 Å². The normalized spacial score (nSPS) is 18.9. The van der Waals surface area contributed by atoms with Gasteiger partial charge < -0.3 is 15.2 Å². The Bertz CT molecular complexity index is 747. The minimum absolute atomic E-state index is 0.124. The van der Waals surface area contributed by atoms with Crippen LogP contribution in [0.2, 0.25) is 0 Å². The molecule has 1 amide bonds. The van der Waals surface area contributed by atoms with E-state index >= 15 is 0 Å². The number of hydrogen-bond donors (Lipinski definition) is 2. The fourth-order valence-corrected chi connectivity index (χ4v) is 3.89. The molecule has 130 valence electrons. The van der Waals surface area contributed by atoms with Gasteiger partial charge in [-0.2, -0.15) is 0 Å². The number of aromatic nitrogens is 1. The molecule has 0 saturated carbocycles. The lowest BCUT2D eigenvalue weighted by molar-refractivity contribution is -0.120. The molecule has 0 radical (unpaired) electrons. The van der Waals surface area contributed by atoms with Crippen molar-refractivity contribution in [1.82, 2.24) is 15.2 Å². The third-order valence-electron chi connectivity index (χ3n) is 5.48. The van der Waals surface area contributed by atoms with Crippen LogP contribution in [0.1, 0.15) is 41.6 Å². The zero-order valence-corrected chi connectivity index (χ0v) is 15.3. The molecular formula is C20H29N3O. The zero-order valence-electron chi connectivity index (χ0n) is 15.3. The predicted molar refractivity (Wildman–Crippen MR) is 99.5 cm³/mol. The van der Waals surface area contributed by atoms with Gasteiger partial charge in [0.25, 0.3) is 0 Å². The van der Waals surface area contributed by atoms with Gasteiger partial charge in [0.1, 0.15) is 0 Å². The number of aromatic amines is 1. The number of likely N-dealkylation sites (N-methyl/N-ethyl adjacent to an activating group) is 1. The maximum atomic E-state index is 12.5. The summed E-state index contributed by atoms with van der Waals surface area (Å²) in [5, 5.41) is 4.37. The average molecular weight is 327 g/mol. The molecule has 1 aliphatic heterocycles. The fourth-order valence-electron chi connectivity index (χ4n) is 3.89. The van der Waals surface area contributed by atoms with Gasteiger partial charge in [-0.15, -0.1) is 0 Å². The van der Waals surface area contributed by atoms with Gasteiger partial charge in [-0.3, -0.25) is 4.79 Å². The first-order chi connectivity index (χ1) is 11.5. The third kappa shape index (κ3) is 3.34. The maximum Gasteiger partial charge on any atom is 0.224 e. The summed E-state index contributed by atoms with van der Waals surface area (Å²) in [6, 6.07) is 4.76. The van der Waals surface area contributed by atoms with E-state index in [-0.39, 0.29) is 5.91 Å². The van der Waals surface area contributed by atoms with Gasteiger partial charge in [0.2, 0.25) is 5.91 Å². The summed E-state index contributed by atoms with van der Waals surface area (Å²) in [6.07, 6.45) is 4.17. The Morgan fingerprint density at radius 3 is 2.75 bits per heavy atom. The zero-order chi connectivity index (χ0) is 17.3. The molecule has 4 heteroatoms. The highest BCUT2D eigenvalue weighted by Gasteiger charge is 2.20. The summed E-state index contributed by atoms with van der Waals surface area (Å²) >= 11 is 0. The maximum absolute atomic E-state index is 12.5. The molecule has 1 saturated heterocycles. The first kappa shape index (κ1) is 17.0. The second-order valence-electron chi connectivity index (χ2n) is 7.29. The number of likely N-dealkylation sites (tertiary alicyclic amines) is 1. The number of benzene rings is 1. The lowest BCUT2D eigenvalue weighted by Crippen LogP contribution is -2.44. The molecule has 0 bridgehead atoms. The second kappa shape index (κ2) is 6.98. The molecule has 3 rings (SSSR count). The molecule has 2 heterocycles. The van der Waals surface area contributed by atoms with Crippen molar-refractivity contribution >= 4 is 16.8 Å². The summed E-state index contributed by atoms with van der Waals surface area (Å²) in [4.78, 5) is 18.3. The molecule has 0 unspecified atom stereocenters. The van der Waals surface area contributed by atoms with Crippen LogP contribution in [-0.2, 0) is 11.2 Å². The Hall–Kier alpha value is -1.81. The number of carbonyl (C=O) groups is 1. The number of piperidine rings is 1. The van der Waals surface area contributed by atoms with Gasteiger partial charge in [0, 0.05) is 29.2 Å². The van der Waals surface area contributed by atoms with Crippen molar-refractivity contribution in [3.05, 3.63) is 34.5 Å². The number of nitrogens with one attached hydrogen (secondary N) is 2. The highest BCUT2D eigenvalue weighted by atomic mass is 16.1. The molecule has 1 aromatic heterocycles. The molecule has 24 heavy (non-hydrogen) atoms. The smallest absolute Gasteiger partial charge is 0.224 e. The van der Waals surface area contributed by atoms with Crippen LogP contribution in [0.3, 0.4) is 0 Å². The van der Waals surface area contributed by atoms with Gasteiger partial charge in [-0.05, 0) is 63.9 Å². The van der Waals surface area contributed by atoms with Crippen LogP contribution in [0.5, 0.6) is 0 Å². The Labute approximate surface area is 144 Å². The van der Waals surface area contributed by atoms with Crippen LogP contribution in [0, 0.1) is 20.8 Å². The topological polar surface area (TPSA) is 48.1 Å². The van der Waals surface area contributed by atoms with Crippen molar-refractivity contribution in [2.75, 3.05) is 20.1 Å². The Morgan fingerprint density at radius 2 is 2.00 bits per heavy atom. The van der Waals surface area contributed by atoms with E-state index in [2.05, 4.69) is 55.2 Å². The lowest BCUT2D eigenvalue weighted by atomic mass is 10.0. The molecule has 1 aliphatic rings. The Kier molecular flexibility index (Phi) is 4.95. The summed E-state index contributed by atoms with van der Waals surface area (Å²) in [6.45, 7) is 8.19. The summed E-state index contributed by atoms with van der Waals surface area (Å²) in [5.41, 5.74) is 5.87. The van der Waals surface area contributed by atoms with E-state index in [1.165, 1.54) is 41.3 Å². The van der Waals surface area contributed by atoms with Crippen molar-refractivity contribution < 1.29 is 4.79 Å². The van der Waals surface area contributed by atoms with Crippen LogP contribution in [0.4, 0.5) is 0 Å². The minimum Gasteiger partial charge on any atom is -0.358 e. The van der Waals surface area contributed by atoms with E-state index in [4.69, 9.17) is 0 Å². The number of rotatable bonds is 4. The number of aryl methyl sites for hydroxylation is 3.